The molecule has 0 aliphatic heterocycles. The predicted molar refractivity (Wildman–Crippen MR) is 121 cm³/mol. The number of ether oxygens (including phenoxy) is 1. The van der Waals surface area contributed by atoms with Crippen molar-refractivity contribution >= 4 is 29.3 Å². The van der Waals surface area contributed by atoms with Crippen LogP contribution in [0.2, 0.25) is 5.02 Å². The van der Waals surface area contributed by atoms with Crippen molar-refractivity contribution in [2.24, 2.45) is 0 Å². The Bertz CT molecular complexity index is 950. The highest BCUT2D eigenvalue weighted by atomic mass is 35.5. The summed E-state index contributed by atoms with van der Waals surface area (Å²) in [6, 6.07) is 7.05. The van der Waals surface area contributed by atoms with E-state index in [2.05, 4.69) is 9.88 Å². The molecule has 3 rings (SSSR count). The summed E-state index contributed by atoms with van der Waals surface area (Å²) in [5.41, 5.74) is 2.09. The van der Waals surface area contributed by atoms with Gasteiger partial charge in [0.05, 0.1) is 0 Å². The molecule has 0 bridgehead atoms. The highest BCUT2D eigenvalue weighted by Crippen LogP contribution is 2.38. The molecule has 1 N–H and O–H groups in total. The Hall–Kier alpha value is -2.27. The lowest BCUT2D eigenvalue weighted by Gasteiger charge is -2.27. The van der Waals surface area contributed by atoms with E-state index in [0.29, 0.717) is 22.0 Å². The van der Waals surface area contributed by atoms with Crippen LogP contribution in [-0.4, -0.2) is 22.0 Å². The van der Waals surface area contributed by atoms with Gasteiger partial charge in [0.1, 0.15) is 17.0 Å². The molecular formula is C24H31ClN2O3. The Morgan fingerprint density at radius 3 is 2.40 bits per heavy atom. The topological polar surface area (TPSA) is 60.3 Å². The number of benzene rings is 1. The third-order valence-corrected chi connectivity index (χ3v) is 5.85. The van der Waals surface area contributed by atoms with Gasteiger partial charge < -0.3 is 14.6 Å². The van der Waals surface area contributed by atoms with E-state index in [1.807, 2.05) is 34.6 Å². The molecule has 5 nitrogen and oxygen atoms in total. The Balaban J connectivity index is 2.07. The molecule has 1 saturated carbocycles. The smallest absolute Gasteiger partial charge is 0.342 e. The van der Waals surface area contributed by atoms with Crippen molar-refractivity contribution < 1.29 is 14.3 Å². The van der Waals surface area contributed by atoms with E-state index in [1.54, 1.807) is 24.3 Å². The van der Waals surface area contributed by atoms with Gasteiger partial charge in [-0.2, -0.15) is 0 Å². The van der Waals surface area contributed by atoms with Crippen molar-refractivity contribution in [3.63, 3.8) is 0 Å². The molecule has 1 heterocycles. The van der Waals surface area contributed by atoms with Gasteiger partial charge in [-0.3, -0.25) is 4.79 Å². The summed E-state index contributed by atoms with van der Waals surface area (Å²) < 4.78 is 7.82. The number of esters is 1. The maximum absolute atomic E-state index is 13.1. The van der Waals surface area contributed by atoms with Crippen LogP contribution in [-0.2, 0) is 4.74 Å². The van der Waals surface area contributed by atoms with Crippen LogP contribution in [0.4, 0.5) is 5.82 Å². The lowest BCUT2D eigenvalue weighted by molar-refractivity contribution is 0.00700. The summed E-state index contributed by atoms with van der Waals surface area (Å²) in [4.78, 5) is 26.2. The van der Waals surface area contributed by atoms with Crippen LogP contribution >= 0.6 is 11.6 Å². The minimum Gasteiger partial charge on any atom is -0.456 e. The minimum atomic E-state index is -0.626. The molecule has 0 atom stereocenters. The standard InChI is InChI=1S/C24H31ClN2O3/c1-15-16(2)27(19-12-7-6-8-13-19)21(20(15)23(29)30-24(3,4)5)26-22(28)17-10-9-11-18(25)14-17/h9-11,14,19H,6-8,12-13H2,1-5H3,(H,26,28). The van der Waals surface area contributed by atoms with E-state index >= 15 is 0 Å². The Kier molecular flexibility index (Phi) is 6.61. The van der Waals surface area contributed by atoms with Crippen molar-refractivity contribution in [3.8, 4) is 0 Å². The minimum absolute atomic E-state index is 0.253. The molecule has 1 aromatic heterocycles. The molecule has 0 radical (unpaired) electrons. The van der Waals surface area contributed by atoms with Crippen molar-refractivity contribution in [2.45, 2.75) is 78.4 Å². The SMILES string of the molecule is Cc1c(C(=O)OC(C)(C)C)c(NC(=O)c2cccc(Cl)c2)n(C2CCCCC2)c1C. The molecule has 1 fully saturated rings. The Labute approximate surface area is 183 Å². The molecule has 1 amide bonds. The second kappa shape index (κ2) is 8.84. The molecule has 1 aliphatic carbocycles. The second-order valence-corrected chi connectivity index (χ2v) is 9.50. The summed E-state index contributed by atoms with van der Waals surface area (Å²) in [5.74, 6) is -0.188. The van der Waals surface area contributed by atoms with Crippen LogP contribution in [0, 0.1) is 13.8 Å². The highest BCUT2D eigenvalue weighted by molar-refractivity contribution is 6.31. The van der Waals surface area contributed by atoms with E-state index < -0.39 is 11.6 Å². The fourth-order valence-corrected chi connectivity index (χ4v) is 4.32. The average Bonchev–Trinajstić information content (AvgIpc) is 2.91. The zero-order valence-corrected chi connectivity index (χ0v) is 19.2. The van der Waals surface area contributed by atoms with Crippen LogP contribution in [0.1, 0.15) is 90.9 Å². The van der Waals surface area contributed by atoms with Gasteiger partial charge in [0.15, 0.2) is 0 Å². The molecule has 0 saturated heterocycles. The Morgan fingerprint density at radius 1 is 1.13 bits per heavy atom. The number of hydrogen-bond donors (Lipinski definition) is 1. The van der Waals surface area contributed by atoms with E-state index in [1.165, 1.54) is 6.42 Å². The zero-order valence-electron chi connectivity index (χ0n) is 18.5. The molecule has 30 heavy (non-hydrogen) atoms. The Morgan fingerprint density at radius 2 is 1.80 bits per heavy atom. The van der Waals surface area contributed by atoms with Gasteiger partial charge in [-0.1, -0.05) is 36.9 Å². The predicted octanol–water partition coefficient (Wildman–Crippen LogP) is 6.47. The largest absolute Gasteiger partial charge is 0.456 e. The molecule has 0 unspecified atom stereocenters. The van der Waals surface area contributed by atoms with Crippen LogP contribution in [0.15, 0.2) is 24.3 Å². The van der Waals surface area contributed by atoms with Crippen molar-refractivity contribution in [3.05, 3.63) is 51.7 Å². The van der Waals surface area contributed by atoms with E-state index in [-0.39, 0.29) is 11.9 Å². The fraction of sp³-hybridized carbons (Fsp3) is 0.500. The second-order valence-electron chi connectivity index (χ2n) is 9.06. The lowest BCUT2D eigenvalue weighted by Crippen LogP contribution is -2.26. The van der Waals surface area contributed by atoms with Crippen LogP contribution in [0.25, 0.3) is 0 Å². The molecule has 1 aromatic carbocycles. The van der Waals surface area contributed by atoms with Crippen molar-refractivity contribution in [1.82, 2.24) is 4.57 Å². The summed E-state index contributed by atoms with van der Waals surface area (Å²) in [5, 5.41) is 3.50. The number of carbonyl (C=O) groups excluding carboxylic acids is 2. The van der Waals surface area contributed by atoms with E-state index in [0.717, 1.165) is 36.9 Å². The van der Waals surface area contributed by atoms with Gasteiger partial charge in [-0.15, -0.1) is 0 Å². The fourth-order valence-electron chi connectivity index (χ4n) is 4.13. The normalized spacial score (nSPS) is 15.1. The summed E-state index contributed by atoms with van der Waals surface area (Å²) in [7, 11) is 0. The number of rotatable bonds is 4. The van der Waals surface area contributed by atoms with Crippen molar-refractivity contribution in [2.75, 3.05) is 5.32 Å². The highest BCUT2D eigenvalue weighted by Gasteiger charge is 2.31. The van der Waals surface area contributed by atoms with Gasteiger partial charge in [0, 0.05) is 22.3 Å². The van der Waals surface area contributed by atoms with E-state index in [9.17, 15) is 9.59 Å². The summed E-state index contributed by atoms with van der Waals surface area (Å²) in [6.07, 6.45) is 5.57. The monoisotopic (exact) mass is 430 g/mol. The third kappa shape index (κ3) is 4.89. The lowest BCUT2D eigenvalue weighted by atomic mass is 9.95. The number of halogens is 1. The van der Waals surface area contributed by atoms with Gasteiger partial charge in [-0.25, -0.2) is 4.79 Å². The first-order chi connectivity index (χ1) is 14.1. The zero-order chi connectivity index (χ0) is 22.1. The number of nitrogens with one attached hydrogen (secondary N) is 1. The molecule has 0 spiro atoms. The summed E-state index contributed by atoms with van der Waals surface area (Å²) in [6.45, 7) is 9.45. The number of anilines is 1. The first-order valence-electron chi connectivity index (χ1n) is 10.6. The molecular weight excluding hydrogens is 400 g/mol. The molecule has 162 valence electrons. The van der Waals surface area contributed by atoms with Crippen LogP contribution in [0.5, 0.6) is 0 Å². The first kappa shape index (κ1) is 22.4. The molecule has 1 aliphatic rings. The maximum atomic E-state index is 13.1. The van der Waals surface area contributed by atoms with Gasteiger partial charge in [-0.05, 0) is 71.2 Å². The first-order valence-corrected chi connectivity index (χ1v) is 11.0. The van der Waals surface area contributed by atoms with Gasteiger partial charge >= 0.3 is 5.97 Å². The molecule has 2 aromatic rings. The number of nitrogens with zero attached hydrogens (tertiary/aromatic N) is 1. The quantitative estimate of drug-likeness (QED) is 0.565. The third-order valence-electron chi connectivity index (χ3n) is 5.62. The van der Waals surface area contributed by atoms with E-state index in [4.69, 9.17) is 16.3 Å². The number of carbonyl (C=O) groups is 2. The average molecular weight is 431 g/mol. The molecule has 6 heteroatoms. The maximum Gasteiger partial charge on any atom is 0.342 e. The number of hydrogen-bond acceptors (Lipinski definition) is 3. The van der Waals surface area contributed by atoms with Gasteiger partial charge in [0.25, 0.3) is 5.91 Å². The van der Waals surface area contributed by atoms with Crippen molar-refractivity contribution in [1.29, 1.82) is 0 Å². The van der Waals surface area contributed by atoms with Crippen LogP contribution in [0.3, 0.4) is 0 Å². The van der Waals surface area contributed by atoms with Gasteiger partial charge in [0.2, 0.25) is 0 Å². The number of aromatic nitrogens is 1. The summed E-state index contributed by atoms with van der Waals surface area (Å²) >= 11 is 6.07. The number of amides is 1. The van der Waals surface area contributed by atoms with Crippen LogP contribution < -0.4 is 5.32 Å².